The number of phenolic OH excluding ortho intramolecular Hbond substituents is 3. The molecule has 0 aromatic heterocycles. The summed E-state index contributed by atoms with van der Waals surface area (Å²) in [4.78, 5) is 0. The van der Waals surface area contributed by atoms with Gasteiger partial charge < -0.3 is 15.3 Å². The van der Waals surface area contributed by atoms with Crippen LogP contribution in [0.15, 0.2) is 16.6 Å². The zero-order chi connectivity index (χ0) is 7.72. The van der Waals surface area contributed by atoms with Crippen LogP contribution in [0.4, 0.5) is 0 Å². The van der Waals surface area contributed by atoms with Gasteiger partial charge in [0.1, 0.15) is 0 Å². The van der Waals surface area contributed by atoms with E-state index in [1.807, 2.05) is 0 Å². The van der Waals surface area contributed by atoms with Crippen molar-refractivity contribution in [1.82, 2.24) is 0 Å². The van der Waals surface area contributed by atoms with Crippen molar-refractivity contribution in [3.8, 4) is 17.2 Å². The Morgan fingerprint density at radius 2 is 1.60 bits per heavy atom. The summed E-state index contributed by atoms with van der Waals surface area (Å²) in [6.45, 7) is 0. The molecule has 0 bridgehead atoms. The lowest BCUT2D eigenvalue weighted by Crippen LogP contribution is -1.71. The molecule has 1 aromatic rings. The van der Waals surface area contributed by atoms with Crippen LogP contribution in [0.3, 0.4) is 0 Å². The largest absolute Gasteiger partial charge is 0.504 e. The maximum absolute atomic E-state index is 8.93. The van der Waals surface area contributed by atoms with Crippen molar-refractivity contribution in [2.45, 2.75) is 0 Å². The van der Waals surface area contributed by atoms with E-state index in [2.05, 4.69) is 15.9 Å². The van der Waals surface area contributed by atoms with Gasteiger partial charge in [-0.1, -0.05) is 0 Å². The van der Waals surface area contributed by atoms with E-state index in [-0.39, 0.29) is 11.5 Å². The summed E-state index contributed by atoms with van der Waals surface area (Å²) in [5.74, 6) is -1.19. The number of halogens is 1. The average molecular weight is 205 g/mol. The highest BCUT2D eigenvalue weighted by Gasteiger charge is 2.07. The van der Waals surface area contributed by atoms with E-state index in [1.54, 1.807) is 0 Å². The summed E-state index contributed by atoms with van der Waals surface area (Å²) in [5.41, 5.74) is 0. The lowest BCUT2D eigenvalue weighted by molar-refractivity contribution is 0.366. The number of hydrogen-bond donors (Lipinski definition) is 3. The Balaban J connectivity index is 3.34. The molecule has 3 nitrogen and oxygen atoms in total. The molecule has 0 saturated carbocycles. The van der Waals surface area contributed by atoms with Crippen molar-refractivity contribution in [1.29, 1.82) is 0 Å². The number of phenols is 3. The van der Waals surface area contributed by atoms with Crippen molar-refractivity contribution >= 4 is 15.9 Å². The smallest absolute Gasteiger partial charge is 0.201 e. The van der Waals surface area contributed by atoms with Crippen molar-refractivity contribution in [3.63, 3.8) is 0 Å². The van der Waals surface area contributed by atoms with Crippen molar-refractivity contribution in [3.05, 3.63) is 16.6 Å². The summed E-state index contributed by atoms with van der Waals surface area (Å²) in [6.07, 6.45) is 0. The van der Waals surface area contributed by atoms with Gasteiger partial charge in [-0.25, -0.2) is 0 Å². The topological polar surface area (TPSA) is 60.7 Å². The molecule has 3 N–H and O–H groups in total. The van der Waals surface area contributed by atoms with Crippen LogP contribution in [0.25, 0.3) is 0 Å². The van der Waals surface area contributed by atoms with Gasteiger partial charge in [-0.2, -0.15) is 0 Å². The van der Waals surface area contributed by atoms with Gasteiger partial charge in [-0.3, -0.25) is 0 Å². The van der Waals surface area contributed by atoms with Gasteiger partial charge in [0.2, 0.25) is 5.75 Å². The fourth-order valence-electron chi connectivity index (χ4n) is 0.544. The summed E-state index contributed by atoms with van der Waals surface area (Å²) in [7, 11) is 0. The van der Waals surface area contributed by atoms with E-state index in [1.165, 1.54) is 12.1 Å². The van der Waals surface area contributed by atoms with Gasteiger partial charge in [0.25, 0.3) is 0 Å². The molecule has 1 rings (SSSR count). The molecule has 0 aliphatic heterocycles. The lowest BCUT2D eigenvalue weighted by atomic mass is 10.3. The molecule has 0 fully saturated rings. The van der Waals surface area contributed by atoms with Crippen LogP contribution in [0.2, 0.25) is 0 Å². The van der Waals surface area contributed by atoms with Gasteiger partial charge in [0.15, 0.2) is 11.5 Å². The molecule has 0 aliphatic carbocycles. The number of aromatic hydroxyl groups is 3. The molecule has 0 atom stereocenters. The fraction of sp³-hybridized carbons (Fsp3) is 0. The van der Waals surface area contributed by atoms with Crippen LogP contribution in [0.1, 0.15) is 0 Å². The Morgan fingerprint density at radius 3 is 2.10 bits per heavy atom. The molecule has 0 heterocycles. The molecule has 0 saturated heterocycles. The van der Waals surface area contributed by atoms with Crippen molar-refractivity contribution in [2.24, 2.45) is 0 Å². The predicted octanol–water partition coefficient (Wildman–Crippen LogP) is 1.57. The molecule has 0 amide bonds. The molecular weight excluding hydrogens is 200 g/mol. The molecule has 0 unspecified atom stereocenters. The minimum Gasteiger partial charge on any atom is -0.504 e. The molecule has 0 radical (unpaired) electrons. The summed E-state index contributed by atoms with van der Waals surface area (Å²) < 4.78 is 0.350. The first-order valence-electron chi connectivity index (χ1n) is 2.52. The standard InChI is InChI=1S/C6H5BrO3/c7-3-1-2-4(8)6(10)5(3)9/h1-2,8-10H. The van der Waals surface area contributed by atoms with Gasteiger partial charge in [-0.05, 0) is 28.1 Å². The molecule has 0 aliphatic rings. The van der Waals surface area contributed by atoms with E-state index in [0.717, 1.165) is 0 Å². The monoisotopic (exact) mass is 204 g/mol. The molecular formula is C6H5BrO3. The minimum absolute atomic E-state index is 0.333. The number of hydrogen-bond acceptors (Lipinski definition) is 3. The van der Waals surface area contributed by atoms with Crippen molar-refractivity contribution < 1.29 is 15.3 Å². The highest BCUT2D eigenvalue weighted by atomic mass is 79.9. The molecule has 0 spiro atoms. The number of benzene rings is 1. The molecule has 10 heavy (non-hydrogen) atoms. The Morgan fingerprint density at radius 1 is 1.00 bits per heavy atom. The second-order valence-electron chi connectivity index (χ2n) is 1.76. The maximum atomic E-state index is 8.93. The Kier molecular flexibility index (Phi) is 1.72. The van der Waals surface area contributed by atoms with Crippen LogP contribution in [-0.2, 0) is 0 Å². The normalized spacial score (nSPS) is 9.70. The zero-order valence-corrected chi connectivity index (χ0v) is 6.46. The predicted molar refractivity (Wildman–Crippen MR) is 39.1 cm³/mol. The SMILES string of the molecule is Oc1ccc(Br)c(O)c1O. The third kappa shape index (κ3) is 1.02. The Bertz CT molecular complexity index is 232. The molecule has 54 valence electrons. The highest BCUT2D eigenvalue weighted by molar-refractivity contribution is 9.10. The summed E-state index contributed by atoms with van der Waals surface area (Å²) >= 11 is 2.96. The quantitative estimate of drug-likeness (QED) is 0.563. The van der Waals surface area contributed by atoms with Gasteiger partial charge >= 0.3 is 0 Å². The third-order valence-electron chi connectivity index (χ3n) is 1.08. The van der Waals surface area contributed by atoms with E-state index in [9.17, 15) is 0 Å². The van der Waals surface area contributed by atoms with Crippen molar-refractivity contribution in [2.75, 3.05) is 0 Å². The first kappa shape index (κ1) is 7.21. The van der Waals surface area contributed by atoms with Crippen LogP contribution >= 0.6 is 15.9 Å². The Hall–Kier alpha value is -0.900. The lowest BCUT2D eigenvalue weighted by Gasteiger charge is -2.00. The highest BCUT2D eigenvalue weighted by Crippen LogP contribution is 2.39. The fourth-order valence-corrected chi connectivity index (χ4v) is 0.864. The first-order valence-corrected chi connectivity index (χ1v) is 3.31. The van der Waals surface area contributed by atoms with Crippen LogP contribution < -0.4 is 0 Å². The van der Waals surface area contributed by atoms with Gasteiger partial charge in [0.05, 0.1) is 4.47 Å². The summed E-state index contributed by atoms with van der Waals surface area (Å²) in [6, 6.07) is 2.71. The second-order valence-corrected chi connectivity index (χ2v) is 2.62. The third-order valence-corrected chi connectivity index (χ3v) is 1.72. The van der Waals surface area contributed by atoms with Gasteiger partial charge in [0, 0.05) is 0 Å². The maximum Gasteiger partial charge on any atom is 0.201 e. The van der Waals surface area contributed by atoms with Gasteiger partial charge in [-0.15, -0.1) is 0 Å². The average Bonchev–Trinajstić information content (AvgIpc) is 1.93. The van der Waals surface area contributed by atoms with E-state index >= 15 is 0 Å². The first-order chi connectivity index (χ1) is 4.63. The zero-order valence-electron chi connectivity index (χ0n) is 4.87. The second kappa shape index (κ2) is 2.38. The van der Waals surface area contributed by atoms with E-state index in [4.69, 9.17) is 15.3 Å². The molecule has 1 aromatic carbocycles. The Labute approximate surface area is 65.7 Å². The molecule has 4 heteroatoms. The minimum atomic E-state index is -0.505. The van der Waals surface area contributed by atoms with Crippen LogP contribution in [0.5, 0.6) is 17.2 Å². The van der Waals surface area contributed by atoms with Crippen LogP contribution in [-0.4, -0.2) is 15.3 Å². The number of rotatable bonds is 0. The summed E-state index contributed by atoms with van der Waals surface area (Å²) in [5, 5.41) is 26.6. The van der Waals surface area contributed by atoms with E-state index < -0.39 is 5.75 Å². The van der Waals surface area contributed by atoms with E-state index in [0.29, 0.717) is 4.47 Å². The van der Waals surface area contributed by atoms with Crippen LogP contribution in [0, 0.1) is 0 Å².